The Morgan fingerprint density at radius 2 is 2.13 bits per heavy atom. The highest BCUT2D eigenvalue weighted by Crippen LogP contribution is 2.40. The number of benzene rings is 1. The van der Waals surface area contributed by atoms with Crippen LogP contribution in [-0.4, -0.2) is 36.3 Å². The van der Waals surface area contributed by atoms with Gasteiger partial charge in [-0.1, -0.05) is 31.5 Å². The number of para-hydroxylation sites is 1. The van der Waals surface area contributed by atoms with E-state index in [4.69, 9.17) is 9.15 Å². The third-order valence-electron chi connectivity index (χ3n) is 3.99. The molecule has 1 aliphatic heterocycles. The quantitative estimate of drug-likeness (QED) is 0.679. The molecule has 5 heteroatoms. The monoisotopic (exact) mass is 333 g/mol. The van der Waals surface area contributed by atoms with Crippen molar-refractivity contribution in [1.82, 2.24) is 4.90 Å². The maximum Gasteiger partial charge on any atom is 0.233 e. The first-order valence-corrected chi connectivity index (χ1v) is 9.31. The van der Waals surface area contributed by atoms with E-state index in [1.54, 1.807) is 11.8 Å². The summed E-state index contributed by atoms with van der Waals surface area (Å²) < 4.78 is 11.5. The molecule has 1 fully saturated rings. The molecule has 1 atom stereocenters. The second kappa shape index (κ2) is 7.88. The Morgan fingerprint density at radius 3 is 2.96 bits per heavy atom. The van der Waals surface area contributed by atoms with Crippen LogP contribution < -0.4 is 0 Å². The Bertz CT molecular complexity index is 622. The fourth-order valence-electron chi connectivity index (χ4n) is 2.74. The Hall–Kier alpha value is -1.46. The van der Waals surface area contributed by atoms with Gasteiger partial charge in [0.15, 0.2) is 0 Å². The number of nitrogens with zero attached hydrogens (tertiary/aromatic N) is 1. The minimum atomic E-state index is -0.00876. The maximum absolute atomic E-state index is 12.2. The molecule has 1 saturated heterocycles. The molecule has 0 bridgehead atoms. The predicted molar refractivity (Wildman–Crippen MR) is 93.5 cm³/mol. The van der Waals surface area contributed by atoms with Crippen molar-refractivity contribution < 1.29 is 13.9 Å². The maximum atomic E-state index is 12.2. The van der Waals surface area contributed by atoms with E-state index in [-0.39, 0.29) is 11.3 Å². The van der Waals surface area contributed by atoms with Gasteiger partial charge in [0, 0.05) is 25.1 Å². The van der Waals surface area contributed by atoms with Gasteiger partial charge in [0.25, 0.3) is 0 Å². The molecule has 2 heterocycles. The molecular formula is C18H23NO3S. The molecule has 1 unspecified atom stereocenters. The molecule has 0 N–H and O–H groups in total. The van der Waals surface area contributed by atoms with Crippen LogP contribution in [0.5, 0.6) is 0 Å². The molecular weight excluding hydrogens is 310 g/mol. The van der Waals surface area contributed by atoms with Gasteiger partial charge in [-0.05, 0) is 25.0 Å². The van der Waals surface area contributed by atoms with E-state index >= 15 is 0 Å². The number of carbonyl (C=O) groups is 1. The number of unbranched alkanes of at least 4 members (excludes halogenated alkanes) is 1. The van der Waals surface area contributed by atoms with Gasteiger partial charge in [-0.3, -0.25) is 4.79 Å². The molecule has 0 saturated carbocycles. The molecule has 0 spiro atoms. The van der Waals surface area contributed by atoms with E-state index in [2.05, 4.69) is 13.0 Å². The van der Waals surface area contributed by atoms with Crippen LogP contribution in [0.2, 0.25) is 0 Å². The van der Waals surface area contributed by atoms with Crippen LogP contribution in [0, 0.1) is 0 Å². The Balaban J connectivity index is 1.60. The van der Waals surface area contributed by atoms with Crippen LogP contribution in [0.4, 0.5) is 0 Å². The second-order valence-corrected chi connectivity index (χ2v) is 6.83. The zero-order valence-corrected chi connectivity index (χ0v) is 14.3. The average Bonchev–Trinajstić information content (AvgIpc) is 3.14. The Labute approximate surface area is 141 Å². The molecule has 2 aromatic rings. The molecule has 1 aromatic heterocycles. The zero-order valence-electron chi connectivity index (χ0n) is 13.5. The highest BCUT2D eigenvalue weighted by atomic mass is 32.2. The van der Waals surface area contributed by atoms with E-state index in [0.717, 1.165) is 49.1 Å². The summed E-state index contributed by atoms with van der Waals surface area (Å²) in [6.45, 7) is 4.40. The highest BCUT2D eigenvalue weighted by Gasteiger charge is 2.34. The van der Waals surface area contributed by atoms with Gasteiger partial charge in [0.2, 0.25) is 5.91 Å². The summed E-state index contributed by atoms with van der Waals surface area (Å²) in [6.07, 6.45) is 3.11. The minimum absolute atomic E-state index is 0.00876. The van der Waals surface area contributed by atoms with Crippen LogP contribution in [0.25, 0.3) is 11.0 Å². The van der Waals surface area contributed by atoms with Gasteiger partial charge < -0.3 is 14.1 Å². The van der Waals surface area contributed by atoms with Gasteiger partial charge in [-0.25, -0.2) is 0 Å². The van der Waals surface area contributed by atoms with Gasteiger partial charge in [-0.15, -0.1) is 11.8 Å². The van der Waals surface area contributed by atoms with Crippen molar-refractivity contribution in [3.05, 3.63) is 36.1 Å². The number of amides is 1. The summed E-state index contributed by atoms with van der Waals surface area (Å²) in [5.41, 5.74) is 0.880. The average molecular weight is 333 g/mol. The van der Waals surface area contributed by atoms with E-state index < -0.39 is 0 Å². The first-order valence-electron chi connectivity index (χ1n) is 8.27. The third kappa shape index (κ3) is 3.90. The Morgan fingerprint density at radius 1 is 1.30 bits per heavy atom. The predicted octanol–water partition coefficient (Wildman–Crippen LogP) is 4.21. The van der Waals surface area contributed by atoms with E-state index in [1.165, 1.54) is 0 Å². The molecule has 23 heavy (non-hydrogen) atoms. The Kier molecular flexibility index (Phi) is 5.62. The van der Waals surface area contributed by atoms with Gasteiger partial charge in [0.1, 0.15) is 16.7 Å². The summed E-state index contributed by atoms with van der Waals surface area (Å²) in [4.78, 5) is 14.1. The van der Waals surface area contributed by atoms with Crippen molar-refractivity contribution in [3.8, 4) is 0 Å². The van der Waals surface area contributed by atoms with Crippen LogP contribution in [-0.2, 0) is 9.53 Å². The second-order valence-electron chi connectivity index (χ2n) is 5.76. The van der Waals surface area contributed by atoms with Crippen molar-refractivity contribution in [2.75, 3.05) is 25.5 Å². The zero-order chi connectivity index (χ0) is 16.1. The topological polar surface area (TPSA) is 42.7 Å². The van der Waals surface area contributed by atoms with Crippen LogP contribution in [0.3, 0.4) is 0 Å². The van der Waals surface area contributed by atoms with E-state index in [9.17, 15) is 4.79 Å². The van der Waals surface area contributed by atoms with Gasteiger partial charge in [0.05, 0.1) is 5.75 Å². The van der Waals surface area contributed by atoms with Crippen LogP contribution >= 0.6 is 11.8 Å². The fourth-order valence-corrected chi connectivity index (χ4v) is 3.89. The highest BCUT2D eigenvalue weighted by molar-refractivity contribution is 8.00. The molecule has 3 rings (SSSR count). The molecule has 0 aliphatic carbocycles. The summed E-state index contributed by atoms with van der Waals surface area (Å²) in [5, 5.41) is 1.08. The normalized spacial score (nSPS) is 18.2. The fraction of sp³-hybridized carbons (Fsp3) is 0.500. The lowest BCUT2D eigenvalue weighted by molar-refractivity contribution is -0.128. The molecule has 1 aromatic carbocycles. The van der Waals surface area contributed by atoms with E-state index in [0.29, 0.717) is 12.4 Å². The standard InChI is InChI=1S/C18H23NO3S/c1-2-3-10-21-11-6-9-19-17(20)13-23-18(19)16-12-14-7-4-5-8-15(14)22-16/h4-5,7-8,12,18H,2-3,6,9-11,13H2,1H3. The van der Waals surface area contributed by atoms with E-state index in [1.807, 2.05) is 29.2 Å². The molecule has 124 valence electrons. The van der Waals surface area contributed by atoms with Crippen molar-refractivity contribution in [1.29, 1.82) is 0 Å². The molecule has 4 nitrogen and oxygen atoms in total. The van der Waals surface area contributed by atoms with Crippen molar-refractivity contribution in [3.63, 3.8) is 0 Å². The van der Waals surface area contributed by atoms with Crippen LogP contribution in [0.1, 0.15) is 37.3 Å². The number of furan rings is 1. The molecule has 1 amide bonds. The summed E-state index contributed by atoms with van der Waals surface area (Å²) in [7, 11) is 0. The number of rotatable bonds is 8. The lowest BCUT2D eigenvalue weighted by atomic mass is 10.2. The van der Waals surface area contributed by atoms with Gasteiger partial charge in [-0.2, -0.15) is 0 Å². The summed E-state index contributed by atoms with van der Waals surface area (Å²) >= 11 is 1.64. The van der Waals surface area contributed by atoms with Gasteiger partial charge >= 0.3 is 0 Å². The first-order chi connectivity index (χ1) is 11.3. The number of ether oxygens (including phenoxy) is 1. The molecule has 1 aliphatic rings. The first kappa shape index (κ1) is 16.4. The number of thioether (sulfide) groups is 1. The number of fused-ring (bicyclic) bond motifs is 1. The smallest absolute Gasteiger partial charge is 0.233 e. The number of hydrogen-bond donors (Lipinski definition) is 0. The lowest BCUT2D eigenvalue weighted by Crippen LogP contribution is -2.29. The van der Waals surface area contributed by atoms with Crippen molar-refractivity contribution in [2.24, 2.45) is 0 Å². The third-order valence-corrected chi connectivity index (χ3v) is 5.20. The summed E-state index contributed by atoms with van der Waals surface area (Å²) in [6, 6.07) is 10.0. The lowest BCUT2D eigenvalue weighted by Gasteiger charge is -2.22. The summed E-state index contributed by atoms with van der Waals surface area (Å²) in [5.74, 6) is 1.58. The van der Waals surface area contributed by atoms with Crippen molar-refractivity contribution in [2.45, 2.75) is 31.6 Å². The van der Waals surface area contributed by atoms with Crippen LogP contribution in [0.15, 0.2) is 34.7 Å². The largest absolute Gasteiger partial charge is 0.458 e. The van der Waals surface area contributed by atoms with Crippen molar-refractivity contribution >= 4 is 28.6 Å². The molecule has 0 radical (unpaired) electrons. The SMILES string of the molecule is CCCCOCCCN1C(=O)CSC1c1cc2ccccc2o1. The number of carbonyl (C=O) groups excluding carboxylic acids is 1. The minimum Gasteiger partial charge on any atom is -0.458 e. The number of hydrogen-bond acceptors (Lipinski definition) is 4.